The summed E-state index contributed by atoms with van der Waals surface area (Å²) in [6.45, 7) is 4.46. The van der Waals surface area contributed by atoms with Crippen LogP contribution in [0, 0.1) is 11.3 Å². The van der Waals surface area contributed by atoms with Crippen molar-refractivity contribution in [3.63, 3.8) is 0 Å². The van der Waals surface area contributed by atoms with Crippen LogP contribution in [0.5, 0.6) is 0 Å². The van der Waals surface area contributed by atoms with E-state index in [4.69, 9.17) is 11.0 Å². The number of nitrogen functional groups attached to an aromatic ring is 1. The fourth-order valence-electron chi connectivity index (χ4n) is 1.09. The van der Waals surface area contributed by atoms with Crippen LogP contribution in [0.3, 0.4) is 0 Å². The van der Waals surface area contributed by atoms with Gasteiger partial charge in [0.1, 0.15) is 6.07 Å². The summed E-state index contributed by atoms with van der Waals surface area (Å²) in [7, 11) is 0. The van der Waals surface area contributed by atoms with E-state index in [0.717, 1.165) is 18.7 Å². The van der Waals surface area contributed by atoms with Crippen LogP contribution in [0.4, 0.5) is 11.4 Å². The number of hydrogen-bond acceptors (Lipinski definition) is 3. The summed E-state index contributed by atoms with van der Waals surface area (Å²) in [6.07, 6.45) is 2.75. The van der Waals surface area contributed by atoms with Gasteiger partial charge in [0.25, 0.3) is 0 Å². The van der Waals surface area contributed by atoms with E-state index in [-0.39, 0.29) is 0 Å². The molecule has 0 aliphatic heterocycles. The fourth-order valence-corrected chi connectivity index (χ4v) is 1.09. The van der Waals surface area contributed by atoms with Gasteiger partial charge in [0, 0.05) is 12.2 Å². The summed E-state index contributed by atoms with van der Waals surface area (Å²) >= 11 is 0. The van der Waals surface area contributed by atoms with Crippen LogP contribution in [-0.4, -0.2) is 6.54 Å². The molecule has 0 spiro atoms. The molecule has 1 aromatic carbocycles. The molecule has 0 atom stereocenters. The molecule has 0 saturated heterocycles. The number of hydrogen-bond donors (Lipinski definition) is 2. The average Bonchev–Trinajstić information content (AvgIpc) is 2.18. The molecule has 0 unspecified atom stereocenters. The van der Waals surface area contributed by atoms with Crippen LogP contribution < -0.4 is 11.1 Å². The Morgan fingerprint density at radius 3 is 2.93 bits per heavy atom. The molecule has 72 valence electrons. The number of benzene rings is 1. The lowest BCUT2D eigenvalue weighted by molar-refractivity contribution is 1.07. The third kappa shape index (κ3) is 2.53. The van der Waals surface area contributed by atoms with Gasteiger partial charge in [-0.3, -0.25) is 0 Å². The Bertz CT molecular complexity index is 363. The lowest BCUT2D eigenvalue weighted by Gasteiger charge is -2.05. The molecule has 0 saturated carbocycles. The van der Waals surface area contributed by atoms with Crippen LogP contribution in [0.25, 0.3) is 0 Å². The van der Waals surface area contributed by atoms with Gasteiger partial charge in [0.2, 0.25) is 0 Å². The zero-order valence-corrected chi connectivity index (χ0v) is 7.96. The van der Waals surface area contributed by atoms with Gasteiger partial charge in [-0.1, -0.05) is 6.08 Å². The molecule has 3 N–H and O–H groups in total. The second-order valence-electron chi connectivity index (χ2n) is 2.92. The van der Waals surface area contributed by atoms with Gasteiger partial charge in [0.15, 0.2) is 0 Å². The van der Waals surface area contributed by atoms with Crippen LogP contribution in [0.1, 0.15) is 12.0 Å². The minimum Gasteiger partial charge on any atom is -0.398 e. The summed E-state index contributed by atoms with van der Waals surface area (Å²) < 4.78 is 0. The van der Waals surface area contributed by atoms with Crippen molar-refractivity contribution in [3.05, 3.63) is 36.4 Å². The molecule has 0 aliphatic carbocycles. The predicted molar refractivity (Wildman–Crippen MR) is 58.9 cm³/mol. The second kappa shape index (κ2) is 4.93. The molecule has 14 heavy (non-hydrogen) atoms. The Hall–Kier alpha value is -1.95. The Morgan fingerprint density at radius 2 is 2.36 bits per heavy atom. The first kappa shape index (κ1) is 10.1. The summed E-state index contributed by atoms with van der Waals surface area (Å²) in [4.78, 5) is 0. The zero-order valence-electron chi connectivity index (χ0n) is 7.96. The van der Waals surface area contributed by atoms with Crippen LogP contribution in [0.2, 0.25) is 0 Å². The van der Waals surface area contributed by atoms with Gasteiger partial charge in [-0.15, -0.1) is 6.58 Å². The number of nitrogens with zero attached hydrogens (tertiary/aromatic N) is 1. The monoisotopic (exact) mass is 187 g/mol. The van der Waals surface area contributed by atoms with Gasteiger partial charge in [-0.05, 0) is 24.6 Å². The number of nitriles is 1. The normalized spacial score (nSPS) is 9.07. The van der Waals surface area contributed by atoms with Crippen molar-refractivity contribution in [3.8, 4) is 6.07 Å². The number of nitrogens with two attached hydrogens (primary N) is 1. The molecular formula is C11H13N3. The lowest BCUT2D eigenvalue weighted by Crippen LogP contribution is -2.01. The van der Waals surface area contributed by atoms with Crippen molar-refractivity contribution in [1.82, 2.24) is 0 Å². The maximum absolute atomic E-state index is 8.66. The van der Waals surface area contributed by atoms with E-state index in [2.05, 4.69) is 11.9 Å². The zero-order chi connectivity index (χ0) is 10.4. The Balaban J connectivity index is 2.67. The molecule has 0 heterocycles. The summed E-state index contributed by atoms with van der Waals surface area (Å²) in [5, 5.41) is 11.8. The Kier molecular flexibility index (Phi) is 3.57. The molecule has 0 amide bonds. The first-order valence-corrected chi connectivity index (χ1v) is 4.42. The molecule has 0 bridgehead atoms. The molecule has 3 nitrogen and oxygen atoms in total. The van der Waals surface area contributed by atoms with Crippen molar-refractivity contribution >= 4 is 11.4 Å². The Morgan fingerprint density at radius 1 is 1.57 bits per heavy atom. The summed E-state index contributed by atoms with van der Waals surface area (Å²) in [6, 6.07) is 7.35. The maximum atomic E-state index is 8.66. The highest BCUT2D eigenvalue weighted by Crippen LogP contribution is 2.16. The van der Waals surface area contributed by atoms with Crippen LogP contribution in [0.15, 0.2) is 30.9 Å². The quantitative estimate of drug-likeness (QED) is 0.431. The summed E-state index contributed by atoms with van der Waals surface area (Å²) in [5.41, 5.74) is 7.61. The number of rotatable bonds is 4. The van der Waals surface area contributed by atoms with Gasteiger partial charge in [0.05, 0.1) is 11.3 Å². The average molecular weight is 187 g/mol. The summed E-state index contributed by atoms with van der Waals surface area (Å²) in [5.74, 6) is 0. The van der Waals surface area contributed by atoms with Crippen LogP contribution >= 0.6 is 0 Å². The van der Waals surface area contributed by atoms with Crippen molar-refractivity contribution < 1.29 is 0 Å². The topological polar surface area (TPSA) is 61.8 Å². The van der Waals surface area contributed by atoms with E-state index < -0.39 is 0 Å². The molecule has 0 radical (unpaired) electrons. The van der Waals surface area contributed by atoms with Gasteiger partial charge >= 0.3 is 0 Å². The van der Waals surface area contributed by atoms with Crippen molar-refractivity contribution in [2.75, 3.05) is 17.6 Å². The molecule has 0 aliphatic rings. The fraction of sp³-hybridized carbons (Fsp3) is 0.182. The highest BCUT2D eigenvalue weighted by Gasteiger charge is 1.98. The first-order valence-electron chi connectivity index (χ1n) is 4.42. The predicted octanol–water partition coefficient (Wildman–Crippen LogP) is 2.13. The van der Waals surface area contributed by atoms with Crippen molar-refractivity contribution in [2.45, 2.75) is 6.42 Å². The SMILES string of the molecule is C=CCCNc1ccc(C#N)c(N)c1. The smallest absolute Gasteiger partial charge is 0.101 e. The van der Waals surface area contributed by atoms with Crippen molar-refractivity contribution in [1.29, 1.82) is 5.26 Å². The largest absolute Gasteiger partial charge is 0.398 e. The third-order valence-corrected chi connectivity index (χ3v) is 1.85. The minimum absolute atomic E-state index is 0.510. The maximum Gasteiger partial charge on any atom is 0.101 e. The van der Waals surface area contributed by atoms with Gasteiger partial charge < -0.3 is 11.1 Å². The molecule has 3 heteroatoms. The highest BCUT2D eigenvalue weighted by molar-refractivity contribution is 5.62. The molecular weight excluding hydrogens is 174 g/mol. The van der Waals surface area contributed by atoms with Crippen LogP contribution in [-0.2, 0) is 0 Å². The van der Waals surface area contributed by atoms with E-state index in [0.29, 0.717) is 11.3 Å². The van der Waals surface area contributed by atoms with E-state index in [1.807, 2.05) is 18.2 Å². The Labute approximate surface area is 83.8 Å². The first-order chi connectivity index (χ1) is 6.77. The molecule has 1 aromatic rings. The third-order valence-electron chi connectivity index (χ3n) is 1.85. The molecule has 1 rings (SSSR count). The van der Waals surface area contributed by atoms with Crippen molar-refractivity contribution in [2.24, 2.45) is 0 Å². The number of nitrogens with one attached hydrogen (secondary N) is 1. The van der Waals surface area contributed by atoms with E-state index in [1.54, 1.807) is 12.1 Å². The lowest BCUT2D eigenvalue weighted by atomic mass is 10.2. The van der Waals surface area contributed by atoms with E-state index in [1.165, 1.54) is 0 Å². The highest BCUT2D eigenvalue weighted by atomic mass is 14.9. The number of anilines is 2. The minimum atomic E-state index is 0.510. The van der Waals surface area contributed by atoms with E-state index in [9.17, 15) is 0 Å². The molecule has 0 fully saturated rings. The van der Waals surface area contributed by atoms with Gasteiger partial charge in [-0.2, -0.15) is 5.26 Å². The molecule has 0 aromatic heterocycles. The van der Waals surface area contributed by atoms with E-state index >= 15 is 0 Å². The second-order valence-corrected chi connectivity index (χ2v) is 2.92. The van der Waals surface area contributed by atoms with Gasteiger partial charge in [-0.25, -0.2) is 0 Å². The standard InChI is InChI=1S/C11H13N3/c1-2-3-6-14-10-5-4-9(8-12)11(13)7-10/h2,4-5,7,14H,1,3,6,13H2.